The van der Waals surface area contributed by atoms with Crippen molar-refractivity contribution < 1.29 is 52.7 Å². The van der Waals surface area contributed by atoms with E-state index in [0.717, 1.165) is 43.8 Å². The molecule has 0 saturated carbocycles. The molecule has 0 radical (unpaired) electrons. The summed E-state index contributed by atoms with van der Waals surface area (Å²) in [6.45, 7) is 25.8. The van der Waals surface area contributed by atoms with Crippen LogP contribution in [0.3, 0.4) is 0 Å². The molecule has 0 aliphatic heterocycles. The Morgan fingerprint density at radius 3 is 0.531 bits per heavy atom. The van der Waals surface area contributed by atoms with Crippen LogP contribution in [-0.2, 0) is 0 Å². The minimum atomic E-state index is -2.37. The van der Waals surface area contributed by atoms with E-state index in [4.69, 9.17) is 0 Å². The third-order valence-corrected chi connectivity index (χ3v) is 8.50. The summed E-state index contributed by atoms with van der Waals surface area (Å²) in [7, 11) is 0. The zero-order valence-corrected chi connectivity index (χ0v) is 37.0. The molecule has 0 fully saturated rings. The third-order valence-electron chi connectivity index (χ3n) is 8.50. The standard InChI is InChI=1S/C40H42.2C6F6/c1-37(2,3)21-17-27-25-28(18-22-38(4,5)6)32-15-16-34-30(20-24-40(10,11)12)26-29(19-23-39(7,8)9)33-14-13-31(27)35(32)36(33)34;2*7-1-2(8)4(10)6(12)5(11)3(1)9/h13-16,25-26H,1-12H3;;. The fourth-order valence-corrected chi connectivity index (χ4v) is 5.58. The summed E-state index contributed by atoms with van der Waals surface area (Å²) in [6, 6.07) is 13.3. The first-order chi connectivity index (χ1) is 29.2. The molecule has 334 valence electrons. The van der Waals surface area contributed by atoms with Gasteiger partial charge in [0.1, 0.15) is 0 Å². The van der Waals surface area contributed by atoms with Crippen LogP contribution in [0.25, 0.3) is 32.3 Å². The van der Waals surface area contributed by atoms with Crippen LogP contribution in [0.4, 0.5) is 52.7 Å². The van der Waals surface area contributed by atoms with Gasteiger partial charge in [-0.25, -0.2) is 52.7 Å². The minimum absolute atomic E-state index is 0.105. The maximum absolute atomic E-state index is 12.0. The second-order valence-corrected chi connectivity index (χ2v) is 18.8. The van der Waals surface area contributed by atoms with Gasteiger partial charge in [-0.1, -0.05) is 71.6 Å². The third kappa shape index (κ3) is 11.7. The van der Waals surface area contributed by atoms with Gasteiger partial charge in [0.05, 0.1) is 0 Å². The molecule has 0 aliphatic rings. The fraction of sp³-hybridized carbons (Fsp3) is 0.308. The summed E-state index contributed by atoms with van der Waals surface area (Å²) >= 11 is 0. The van der Waals surface area contributed by atoms with Crippen molar-refractivity contribution in [3.8, 4) is 47.4 Å². The van der Waals surface area contributed by atoms with E-state index < -0.39 is 69.8 Å². The molecule has 0 amide bonds. The average Bonchev–Trinajstić information content (AvgIpc) is 3.20. The fourth-order valence-electron chi connectivity index (χ4n) is 5.58. The van der Waals surface area contributed by atoms with Crippen LogP contribution in [0, 0.1) is 139 Å². The lowest BCUT2D eigenvalue weighted by Crippen LogP contribution is -2.04. The molecular formula is C52H42F12. The Morgan fingerprint density at radius 1 is 0.266 bits per heavy atom. The highest BCUT2D eigenvalue weighted by molar-refractivity contribution is 6.26. The van der Waals surface area contributed by atoms with E-state index in [-0.39, 0.29) is 21.7 Å². The molecule has 0 atom stereocenters. The van der Waals surface area contributed by atoms with Crippen molar-refractivity contribution in [1.29, 1.82) is 0 Å². The minimum Gasteiger partial charge on any atom is -0.200 e. The Labute approximate surface area is 364 Å². The molecule has 0 aromatic heterocycles. The summed E-state index contributed by atoms with van der Waals surface area (Å²) in [5.41, 5.74) is 3.65. The van der Waals surface area contributed by atoms with Gasteiger partial charge in [0.25, 0.3) is 0 Å². The van der Waals surface area contributed by atoms with Crippen molar-refractivity contribution >= 4 is 32.3 Å². The lowest BCUT2D eigenvalue weighted by molar-refractivity contribution is 0.334. The van der Waals surface area contributed by atoms with Crippen LogP contribution in [0.15, 0.2) is 36.4 Å². The highest BCUT2D eigenvalue weighted by Gasteiger charge is 2.27. The monoisotopic (exact) mass is 894 g/mol. The molecule has 6 aromatic rings. The Balaban J connectivity index is 0.000000302. The summed E-state index contributed by atoms with van der Waals surface area (Å²) in [4.78, 5) is 0. The van der Waals surface area contributed by atoms with Crippen LogP contribution in [0.5, 0.6) is 0 Å². The van der Waals surface area contributed by atoms with Crippen molar-refractivity contribution in [3.63, 3.8) is 0 Å². The van der Waals surface area contributed by atoms with Gasteiger partial charge in [0, 0.05) is 43.9 Å². The van der Waals surface area contributed by atoms with E-state index in [0.29, 0.717) is 0 Å². The van der Waals surface area contributed by atoms with Crippen molar-refractivity contribution in [3.05, 3.63) is 128 Å². The van der Waals surface area contributed by atoms with Crippen molar-refractivity contribution in [2.24, 2.45) is 21.7 Å². The van der Waals surface area contributed by atoms with Gasteiger partial charge in [-0.15, -0.1) is 0 Å². The molecule has 0 N–H and O–H groups in total. The maximum atomic E-state index is 12.0. The lowest BCUT2D eigenvalue weighted by atomic mass is 9.85. The van der Waals surface area contributed by atoms with Gasteiger partial charge < -0.3 is 0 Å². The van der Waals surface area contributed by atoms with Crippen LogP contribution >= 0.6 is 0 Å². The molecule has 0 unspecified atom stereocenters. The molecule has 0 saturated heterocycles. The second-order valence-electron chi connectivity index (χ2n) is 18.8. The summed E-state index contributed by atoms with van der Waals surface area (Å²) < 4.78 is 144. The first kappa shape index (κ1) is 50.4. The van der Waals surface area contributed by atoms with Crippen LogP contribution in [-0.4, -0.2) is 0 Å². The average molecular weight is 895 g/mol. The molecule has 0 bridgehead atoms. The molecular weight excluding hydrogens is 853 g/mol. The van der Waals surface area contributed by atoms with Crippen LogP contribution in [0.2, 0.25) is 0 Å². The first-order valence-corrected chi connectivity index (χ1v) is 19.5. The Kier molecular flexibility index (Phi) is 14.5. The molecule has 0 nitrogen and oxygen atoms in total. The number of halogens is 12. The van der Waals surface area contributed by atoms with E-state index in [1.54, 1.807) is 0 Å². The van der Waals surface area contributed by atoms with Gasteiger partial charge in [0.2, 0.25) is 69.8 Å². The SMILES string of the molecule is CC(C)(C)C#Cc1cc(C#CC(C)(C)C)c2ccc3c(C#CC(C)(C)C)cc(C#CC(C)(C)C)c4ccc1c2c43.Fc1c(F)c(F)c(F)c(F)c1F.Fc1c(F)c(F)c(F)c(F)c1F. The van der Waals surface area contributed by atoms with E-state index in [1.165, 1.54) is 10.8 Å². The van der Waals surface area contributed by atoms with Crippen LogP contribution < -0.4 is 0 Å². The Hall–Kier alpha value is -6.24. The lowest BCUT2D eigenvalue weighted by Gasteiger charge is -2.17. The van der Waals surface area contributed by atoms with Gasteiger partial charge in [-0.05, 0) is 128 Å². The van der Waals surface area contributed by atoms with Crippen molar-refractivity contribution in [1.82, 2.24) is 0 Å². The van der Waals surface area contributed by atoms with Gasteiger partial charge >= 0.3 is 0 Å². The highest BCUT2D eigenvalue weighted by Crippen LogP contribution is 2.40. The summed E-state index contributed by atoms with van der Waals surface area (Å²) in [5, 5.41) is 7.02. The zero-order chi connectivity index (χ0) is 48.6. The summed E-state index contributed by atoms with van der Waals surface area (Å²) in [6.07, 6.45) is 0. The van der Waals surface area contributed by atoms with Gasteiger partial charge in [0.15, 0.2) is 0 Å². The first-order valence-electron chi connectivity index (χ1n) is 19.5. The maximum Gasteiger partial charge on any atom is 0.200 e. The van der Waals surface area contributed by atoms with E-state index in [1.807, 2.05) is 0 Å². The van der Waals surface area contributed by atoms with Crippen LogP contribution in [0.1, 0.15) is 105 Å². The molecule has 6 aromatic carbocycles. The quantitative estimate of drug-likeness (QED) is 0.0469. The van der Waals surface area contributed by atoms with Gasteiger partial charge in [-0.2, -0.15) is 0 Å². The van der Waals surface area contributed by atoms with E-state index in [2.05, 4.69) is 167 Å². The van der Waals surface area contributed by atoms with Crippen molar-refractivity contribution in [2.75, 3.05) is 0 Å². The number of hydrogen-bond donors (Lipinski definition) is 0. The predicted molar refractivity (Wildman–Crippen MR) is 228 cm³/mol. The number of hydrogen-bond acceptors (Lipinski definition) is 0. The molecule has 0 aliphatic carbocycles. The van der Waals surface area contributed by atoms with Crippen molar-refractivity contribution in [2.45, 2.75) is 83.1 Å². The molecule has 64 heavy (non-hydrogen) atoms. The largest absolute Gasteiger partial charge is 0.200 e. The van der Waals surface area contributed by atoms with E-state index in [9.17, 15) is 52.7 Å². The topological polar surface area (TPSA) is 0 Å². The Morgan fingerprint density at radius 2 is 0.406 bits per heavy atom. The molecule has 0 heterocycles. The zero-order valence-electron chi connectivity index (χ0n) is 37.0. The number of benzene rings is 6. The smallest absolute Gasteiger partial charge is 0.200 e. The second kappa shape index (κ2) is 18.5. The van der Waals surface area contributed by atoms with Gasteiger partial charge in [-0.3, -0.25) is 0 Å². The molecule has 12 heteroatoms. The van der Waals surface area contributed by atoms with E-state index >= 15 is 0 Å². The normalized spacial score (nSPS) is 11.6. The highest BCUT2D eigenvalue weighted by atomic mass is 19.2. The molecule has 6 rings (SSSR count). The number of rotatable bonds is 0. The predicted octanol–water partition coefficient (Wildman–Crippen LogP) is 15.2. The summed E-state index contributed by atoms with van der Waals surface area (Å²) in [5.74, 6) is -0.477. The molecule has 0 spiro atoms. The Bertz CT molecular complexity index is 2510.